The second-order valence-corrected chi connectivity index (χ2v) is 6.52. The van der Waals surface area contributed by atoms with Gasteiger partial charge in [-0.05, 0) is 24.1 Å². The zero-order valence-corrected chi connectivity index (χ0v) is 13.8. The number of hydrogen-bond donors (Lipinski definition) is 1. The van der Waals surface area contributed by atoms with Crippen LogP contribution >= 0.6 is 35.0 Å². The lowest BCUT2D eigenvalue weighted by atomic mass is 10.1. The van der Waals surface area contributed by atoms with E-state index in [1.54, 1.807) is 18.3 Å². The van der Waals surface area contributed by atoms with Crippen LogP contribution in [0.2, 0.25) is 10.0 Å². The minimum atomic E-state index is -0.886. The predicted octanol–water partition coefficient (Wildman–Crippen LogP) is 4.48. The Morgan fingerprint density at radius 1 is 1.43 bits per heavy atom. The van der Waals surface area contributed by atoms with E-state index in [-0.39, 0.29) is 11.7 Å². The molecule has 21 heavy (non-hydrogen) atoms. The first kappa shape index (κ1) is 16.2. The Morgan fingerprint density at radius 3 is 2.71 bits per heavy atom. The lowest BCUT2D eigenvalue weighted by Gasteiger charge is -2.15. The molecule has 1 aromatic heterocycles. The van der Waals surface area contributed by atoms with Crippen LogP contribution in [0.4, 0.5) is 0 Å². The number of aromatic nitrogens is 2. The molecule has 0 fully saturated rings. The molecule has 0 aliphatic rings. The van der Waals surface area contributed by atoms with E-state index in [1.165, 1.54) is 0 Å². The van der Waals surface area contributed by atoms with Crippen molar-refractivity contribution in [3.05, 3.63) is 40.1 Å². The van der Waals surface area contributed by atoms with Gasteiger partial charge in [0.1, 0.15) is 0 Å². The van der Waals surface area contributed by atoms with Crippen molar-refractivity contribution in [1.82, 2.24) is 9.55 Å². The molecule has 112 valence electrons. The van der Waals surface area contributed by atoms with Gasteiger partial charge in [-0.25, -0.2) is 4.98 Å². The van der Waals surface area contributed by atoms with Crippen LogP contribution in [0, 0.1) is 0 Å². The number of hydrogen-bond acceptors (Lipinski definition) is 3. The van der Waals surface area contributed by atoms with Gasteiger partial charge in [0.2, 0.25) is 0 Å². The molecular formula is C14H14Cl2N2O2S. The molecule has 2 aromatic rings. The zero-order chi connectivity index (χ0) is 15.6. The molecule has 2 rings (SSSR count). The number of benzene rings is 1. The number of carboxylic acid groups (broad SMARTS) is 1. The van der Waals surface area contributed by atoms with E-state index in [0.29, 0.717) is 15.2 Å². The summed E-state index contributed by atoms with van der Waals surface area (Å²) in [6.45, 7) is 4.09. The molecule has 0 unspecified atom stereocenters. The first-order valence-corrected chi connectivity index (χ1v) is 8.02. The molecule has 0 bridgehead atoms. The van der Waals surface area contributed by atoms with Crippen LogP contribution in [0.5, 0.6) is 0 Å². The van der Waals surface area contributed by atoms with Crippen molar-refractivity contribution in [2.45, 2.75) is 24.9 Å². The topological polar surface area (TPSA) is 55.1 Å². The largest absolute Gasteiger partial charge is 0.481 e. The van der Waals surface area contributed by atoms with Gasteiger partial charge in [0, 0.05) is 10.7 Å². The van der Waals surface area contributed by atoms with Crippen molar-refractivity contribution in [3.8, 4) is 5.69 Å². The van der Waals surface area contributed by atoms with Crippen molar-refractivity contribution in [2.24, 2.45) is 0 Å². The van der Waals surface area contributed by atoms with E-state index in [0.717, 1.165) is 23.1 Å². The number of carboxylic acids is 1. The van der Waals surface area contributed by atoms with Crippen molar-refractivity contribution < 1.29 is 9.90 Å². The normalized spacial score (nSPS) is 11.1. The zero-order valence-electron chi connectivity index (χ0n) is 11.5. The second kappa shape index (κ2) is 6.73. The fourth-order valence-corrected chi connectivity index (χ4v) is 3.09. The standard InChI is InChI=1S/C14H14Cl2N2O2S/c1-8(2)12-6-17-14(21-7-13(19)20)18(12)11-4-3-9(15)5-10(11)16/h3-6,8H,7H2,1-2H3,(H,19,20). The van der Waals surface area contributed by atoms with Crippen LogP contribution in [-0.2, 0) is 4.79 Å². The average molecular weight is 345 g/mol. The monoisotopic (exact) mass is 344 g/mol. The highest BCUT2D eigenvalue weighted by Gasteiger charge is 2.17. The van der Waals surface area contributed by atoms with E-state index in [2.05, 4.69) is 4.98 Å². The van der Waals surface area contributed by atoms with Gasteiger partial charge in [0.15, 0.2) is 5.16 Å². The Bertz CT molecular complexity index is 671. The molecule has 0 radical (unpaired) electrons. The molecule has 1 N–H and O–H groups in total. The van der Waals surface area contributed by atoms with Crippen LogP contribution in [-0.4, -0.2) is 26.4 Å². The van der Waals surface area contributed by atoms with Gasteiger partial charge in [0.05, 0.1) is 22.7 Å². The maximum atomic E-state index is 10.8. The Hall–Kier alpha value is -1.17. The fraction of sp³-hybridized carbons (Fsp3) is 0.286. The maximum Gasteiger partial charge on any atom is 0.313 e. The number of rotatable bonds is 5. The van der Waals surface area contributed by atoms with Crippen molar-refractivity contribution >= 4 is 40.9 Å². The van der Waals surface area contributed by atoms with E-state index in [9.17, 15) is 4.79 Å². The Morgan fingerprint density at radius 2 is 2.14 bits per heavy atom. The summed E-state index contributed by atoms with van der Waals surface area (Å²) in [5, 5.41) is 10.5. The number of carbonyl (C=O) groups is 1. The van der Waals surface area contributed by atoms with Crippen LogP contribution in [0.15, 0.2) is 29.6 Å². The van der Waals surface area contributed by atoms with Gasteiger partial charge in [-0.1, -0.05) is 48.8 Å². The second-order valence-electron chi connectivity index (χ2n) is 4.73. The molecule has 4 nitrogen and oxygen atoms in total. The Kier molecular flexibility index (Phi) is 5.19. The number of imidazole rings is 1. The molecule has 7 heteroatoms. The summed E-state index contributed by atoms with van der Waals surface area (Å²) in [4.78, 5) is 15.1. The molecule has 0 amide bonds. The molecular weight excluding hydrogens is 331 g/mol. The van der Waals surface area contributed by atoms with Crippen molar-refractivity contribution in [2.75, 3.05) is 5.75 Å². The molecule has 0 atom stereocenters. The highest BCUT2D eigenvalue weighted by atomic mass is 35.5. The van der Waals surface area contributed by atoms with E-state index in [4.69, 9.17) is 28.3 Å². The molecule has 1 aromatic carbocycles. The quantitative estimate of drug-likeness (QED) is 0.812. The highest BCUT2D eigenvalue weighted by Crippen LogP contribution is 2.32. The number of nitrogens with zero attached hydrogens (tertiary/aromatic N) is 2. The summed E-state index contributed by atoms with van der Waals surface area (Å²) in [5.74, 6) is -0.717. The predicted molar refractivity (Wildman–Crippen MR) is 86.0 cm³/mol. The summed E-state index contributed by atoms with van der Waals surface area (Å²) in [7, 11) is 0. The summed E-state index contributed by atoms with van der Waals surface area (Å²) < 4.78 is 1.89. The molecule has 1 heterocycles. The molecule has 0 aliphatic heterocycles. The third-order valence-corrected chi connectivity index (χ3v) is 4.30. The van der Waals surface area contributed by atoms with Gasteiger partial charge in [-0.3, -0.25) is 9.36 Å². The Balaban J connectivity index is 2.52. The van der Waals surface area contributed by atoms with Crippen LogP contribution < -0.4 is 0 Å². The van der Waals surface area contributed by atoms with Gasteiger partial charge in [-0.2, -0.15) is 0 Å². The lowest BCUT2D eigenvalue weighted by Crippen LogP contribution is -2.06. The SMILES string of the molecule is CC(C)c1cnc(SCC(=O)O)n1-c1ccc(Cl)cc1Cl. The van der Waals surface area contributed by atoms with E-state index >= 15 is 0 Å². The molecule has 0 saturated carbocycles. The van der Waals surface area contributed by atoms with Crippen molar-refractivity contribution in [3.63, 3.8) is 0 Å². The summed E-state index contributed by atoms with van der Waals surface area (Å²) in [5.41, 5.74) is 1.71. The molecule has 0 spiro atoms. The van der Waals surface area contributed by atoms with E-state index < -0.39 is 5.97 Å². The van der Waals surface area contributed by atoms with Gasteiger partial charge < -0.3 is 5.11 Å². The highest BCUT2D eigenvalue weighted by molar-refractivity contribution is 7.99. The first-order chi connectivity index (χ1) is 9.90. The lowest BCUT2D eigenvalue weighted by molar-refractivity contribution is -0.133. The molecule has 0 saturated heterocycles. The van der Waals surface area contributed by atoms with Gasteiger partial charge in [-0.15, -0.1) is 0 Å². The number of aliphatic carboxylic acids is 1. The van der Waals surface area contributed by atoms with E-state index in [1.807, 2.05) is 24.5 Å². The van der Waals surface area contributed by atoms with Gasteiger partial charge in [0.25, 0.3) is 0 Å². The third-order valence-electron chi connectivity index (χ3n) is 2.82. The summed E-state index contributed by atoms with van der Waals surface area (Å²) in [6.07, 6.45) is 1.75. The van der Waals surface area contributed by atoms with Gasteiger partial charge >= 0.3 is 5.97 Å². The van der Waals surface area contributed by atoms with Crippen LogP contribution in [0.25, 0.3) is 5.69 Å². The van der Waals surface area contributed by atoms with Crippen LogP contribution in [0.1, 0.15) is 25.5 Å². The smallest absolute Gasteiger partial charge is 0.313 e. The average Bonchev–Trinajstić information content (AvgIpc) is 2.80. The minimum Gasteiger partial charge on any atom is -0.481 e. The van der Waals surface area contributed by atoms with Crippen molar-refractivity contribution in [1.29, 1.82) is 0 Å². The maximum absolute atomic E-state index is 10.8. The number of halogens is 2. The summed E-state index contributed by atoms with van der Waals surface area (Å²) in [6, 6.07) is 5.22. The van der Waals surface area contributed by atoms with Crippen LogP contribution in [0.3, 0.4) is 0 Å². The third kappa shape index (κ3) is 3.73. The minimum absolute atomic E-state index is 0.0558. The number of thioether (sulfide) groups is 1. The first-order valence-electron chi connectivity index (χ1n) is 6.27. The fourth-order valence-electron chi connectivity index (χ4n) is 1.89. The Labute approximate surface area is 137 Å². The summed E-state index contributed by atoms with van der Waals surface area (Å²) >= 11 is 13.4. The molecule has 0 aliphatic carbocycles.